The standard InChI is InChI=1S/C20H23ClN4O2/c1-13-10-19(22-17-11-15(21)5-6-16(13)17)25-8-3-4-14(12-25)20-23-18(24-27-20)7-9-26-2/h5-6,10-11,14H,3-4,7-9,12H2,1-2H3/t14-/m1/s1. The third kappa shape index (κ3) is 3.92. The summed E-state index contributed by atoms with van der Waals surface area (Å²) in [5, 5.41) is 5.92. The second-order valence-electron chi connectivity index (χ2n) is 7.04. The van der Waals surface area contributed by atoms with Gasteiger partial charge in [0.15, 0.2) is 5.82 Å². The molecule has 1 fully saturated rings. The molecule has 1 atom stereocenters. The minimum atomic E-state index is 0.222. The van der Waals surface area contributed by atoms with E-state index in [1.807, 2.05) is 18.2 Å². The quantitative estimate of drug-likeness (QED) is 0.656. The Balaban J connectivity index is 1.56. The fourth-order valence-corrected chi connectivity index (χ4v) is 3.80. The number of hydrogen-bond donors (Lipinski definition) is 0. The Labute approximate surface area is 163 Å². The summed E-state index contributed by atoms with van der Waals surface area (Å²) in [5.41, 5.74) is 2.13. The molecule has 0 radical (unpaired) electrons. The molecule has 0 unspecified atom stereocenters. The number of ether oxygens (including phenoxy) is 1. The van der Waals surface area contributed by atoms with Gasteiger partial charge in [0, 0.05) is 37.0 Å². The van der Waals surface area contributed by atoms with Crippen molar-refractivity contribution < 1.29 is 9.26 Å². The van der Waals surface area contributed by atoms with E-state index in [2.05, 4.69) is 28.0 Å². The van der Waals surface area contributed by atoms with Gasteiger partial charge in [-0.1, -0.05) is 22.8 Å². The summed E-state index contributed by atoms with van der Waals surface area (Å²) in [6, 6.07) is 8.01. The van der Waals surface area contributed by atoms with Crippen molar-refractivity contribution in [3.8, 4) is 0 Å². The molecule has 2 aromatic heterocycles. The lowest BCUT2D eigenvalue weighted by Gasteiger charge is -2.32. The lowest BCUT2D eigenvalue weighted by molar-refractivity contribution is 0.199. The molecule has 0 aliphatic carbocycles. The number of fused-ring (bicyclic) bond motifs is 1. The predicted octanol–water partition coefficient (Wildman–Crippen LogP) is 4.15. The molecule has 1 saturated heterocycles. The number of benzene rings is 1. The second kappa shape index (κ2) is 7.82. The number of nitrogens with zero attached hydrogens (tertiary/aromatic N) is 4. The van der Waals surface area contributed by atoms with Crippen LogP contribution in [0.1, 0.15) is 36.0 Å². The molecule has 4 rings (SSSR count). The van der Waals surface area contributed by atoms with E-state index in [1.165, 1.54) is 5.56 Å². The predicted molar refractivity (Wildman–Crippen MR) is 106 cm³/mol. The van der Waals surface area contributed by atoms with Crippen molar-refractivity contribution >= 4 is 28.3 Å². The Morgan fingerprint density at radius 1 is 1.30 bits per heavy atom. The molecule has 0 spiro atoms. The summed E-state index contributed by atoms with van der Waals surface area (Å²) in [6.07, 6.45) is 2.78. The smallest absolute Gasteiger partial charge is 0.231 e. The molecular formula is C20H23ClN4O2. The molecule has 1 aromatic carbocycles. The third-order valence-electron chi connectivity index (χ3n) is 5.07. The van der Waals surface area contributed by atoms with Crippen LogP contribution >= 0.6 is 11.6 Å². The Hall–Kier alpha value is -2.18. The first-order valence-electron chi connectivity index (χ1n) is 9.27. The van der Waals surface area contributed by atoms with Gasteiger partial charge in [0.05, 0.1) is 18.0 Å². The van der Waals surface area contributed by atoms with Gasteiger partial charge in [0.2, 0.25) is 5.89 Å². The van der Waals surface area contributed by atoms with Crippen LogP contribution < -0.4 is 4.90 Å². The van der Waals surface area contributed by atoms with Crippen molar-refractivity contribution in [2.75, 3.05) is 31.7 Å². The van der Waals surface area contributed by atoms with Crippen LogP contribution in [0, 0.1) is 6.92 Å². The van der Waals surface area contributed by atoms with Gasteiger partial charge in [-0.15, -0.1) is 0 Å². The molecule has 6 nitrogen and oxygen atoms in total. The molecule has 0 amide bonds. The molecule has 0 N–H and O–H groups in total. The van der Waals surface area contributed by atoms with Crippen LogP contribution in [-0.2, 0) is 11.2 Å². The molecular weight excluding hydrogens is 364 g/mol. The Morgan fingerprint density at radius 3 is 3.04 bits per heavy atom. The Kier molecular flexibility index (Phi) is 5.27. The Morgan fingerprint density at radius 2 is 2.19 bits per heavy atom. The monoisotopic (exact) mass is 386 g/mol. The van der Waals surface area contributed by atoms with E-state index < -0.39 is 0 Å². The average molecular weight is 387 g/mol. The maximum absolute atomic E-state index is 6.16. The van der Waals surface area contributed by atoms with Crippen molar-refractivity contribution in [1.29, 1.82) is 0 Å². The number of anilines is 1. The van der Waals surface area contributed by atoms with Gasteiger partial charge < -0.3 is 14.2 Å². The summed E-state index contributed by atoms with van der Waals surface area (Å²) in [4.78, 5) is 11.7. The number of hydrogen-bond acceptors (Lipinski definition) is 6. The lowest BCUT2D eigenvalue weighted by Crippen LogP contribution is -2.35. The van der Waals surface area contributed by atoms with Crippen molar-refractivity contribution in [1.82, 2.24) is 15.1 Å². The van der Waals surface area contributed by atoms with Crippen molar-refractivity contribution in [3.05, 3.63) is 46.6 Å². The van der Waals surface area contributed by atoms with Gasteiger partial charge >= 0.3 is 0 Å². The van der Waals surface area contributed by atoms with Crippen molar-refractivity contribution in [2.24, 2.45) is 0 Å². The topological polar surface area (TPSA) is 64.3 Å². The molecule has 0 saturated carbocycles. The van der Waals surface area contributed by atoms with Crippen LogP contribution in [0.15, 0.2) is 28.8 Å². The second-order valence-corrected chi connectivity index (χ2v) is 7.47. The first-order chi connectivity index (χ1) is 13.1. The van der Waals surface area contributed by atoms with Crippen LogP contribution in [0.5, 0.6) is 0 Å². The van der Waals surface area contributed by atoms with Gasteiger partial charge in [-0.25, -0.2) is 4.98 Å². The van der Waals surface area contributed by atoms with Crippen LogP contribution in [0.4, 0.5) is 5.82 Å². The number of methoxy groups -OCH3 is 1. The summed E-state index contributed by atoms with van der Waals surface area (Å²) < 4.78 is 10.6. The Bertz CT molecular complexity index is 943. The first-order valence-corrected chi connectivity index (χ1v) is 9.65. The van der Waals surface area contributed by atoms with Gasteiger partial charge in [0.1, 0.15) is 5.82 Å². The van der Waals surface area contributed by atoms with E-state index in [-0.39, 0.29) is 5.92 Å². The first kappa shape index (κ1) is 18.2. The van der Waals surface area contributed by atoms with Crippen LogP contribution in [-0.4, -0.2) is 41.9 Å². The average Bonchev–Trinajstić information content (AvgIpc) is 3.15. The molecule has 3 heterocycles. The van der Waals surface area contributed by atoms with Crippen molar-refractivity contribution in [2.45, 2.75) is 32.1 Å². The van der Waals surface area contributed by atoms with Gasteiger partial charge in [-0.05, 0) is 43.5 Å². The highest BCUT2D eigenvalue weighted by molar-refractivity contribution is 6.31. The lowest BCUT2D eigenvalue weighted by atomic mass is 9.97. The summed E-state index contributed by atoms with van der Waals surface area (Å²) >= 11 is 6.16. The highest BCUT2D eigenvalue weighted by Gasteiger charge is 2.27. The van der Waals surface area contributed by atoms with Gasteiger partial charge in [0.25, 0.3) is 0 Å². The normalized spacial score (nSPS) is 17.6. The molecule has 142 valence electrons. The highest BCUT2D eigenvalue weighted by atomic mass is 35.5. The van der Waals surface area contributed by atoms with E-state index in [4.69, 9.17) is 25.8 Å². The number of aryl methyl sites for hydroxylation is 1. The zero-order valence-corrected chi connectivity index (χ0v) is 16.4. The van der Waals surface area contributed by atoms with E-state index >= 15 is 0 Å². The van der Waals surface area contributed by atoms with Crippen LogP contribution in [0.3, 0.4) is 0 Å². The largest absolute Gasteiger partial charge is 0.384 e. The number of rotatable bonds is 5. The molecule has 1 aliphatic heterocycles. The number of piperidine rings is 1. The van der Waals surface area contributed by atoms with Gasteiger partial charge in [-0.2, -0.15) is 4.98 Å². The molecule has 7 heteroatoms. The number of aromatic nitrogens is 3. The number of pyridine rings is 1. The third-order valence-corrected chi connectivity index (χ3v) is 5.31. The fourth-order valence-electron chi connectivity index (χ4n) is 3.63. The van der Waals surface area contributed by atoms with E-state index in [9.17, 15) is 0 Å². The molecule has 0 bridgehead atoms. The van der Waals surface area contributed by atoms with Gasteiger partial charge in [-0.3, -0.25) is 0 Å². The highest BCUT2D eigenvalue weighted by Crippen LogP contribution is 2.31. The molecule has 1 aliphatic rings. The van der Waals surface area contributed by atoms with Crippen LogP contribution in [0.2, 0.25) is 5.02 Å². The fraction of sp³-hybridized carbons (Fsp3) is 0.450. The SMILES string of the molecule is COCCc1noc([C@@H]2CCCN(c3cc(C)c4ccc(Cl)cc4n3)C2)n1. The zero-order valence-electron chi connectivity index (χ0n) is 15.6. The minimum Gasteiger partial charge on any atom is -0.384 e. The molecule has 3 aromatic rings. The maximum Gasteiger partial charge on any atom is 0.231 e. The maximum atomic E-state index is 6.16. The zero-order chi connectivity index (χ0) is 18.8. The van der Waals surface area contributed by atoms with E-state index in [1.54, 1.807) is 7.11 Å². The summed E-state index contributed by atoms with van der Waals surface area (Å²) in [7, 11) is 1.67. The summed E-state index contributed by atoms with van der Waals surface area (Å²) in [5.74, 6) is 2.62. The van der Waals surface area contributed by atoms with E-state index in [0.717, 1.165) is 42.7 Å². The van der Waals surface area contributed by atoms with Crippen molar-refractivity contribution in [3.63, 3.8) is 0 Å². The summed E-state index contributed by atoms with van der Waals surface area (Å²) in [6.45, 7) is 4.51. The minimum absolute atomic E-state index is 0.222. The molecule has 27 heavy (non-hydrogen) atoms. The number of halogens is 1. The van der Waals surface area contributed by atoms with E-state index in [0.29, 0.717) is 29.8 Å². The van der Waals surface area contributed by atoms with Crippen LogP contribution in [0.25, 0.3) is 10.9 Å².